The van der Waals surface area contributed by atoms with Crippen molar-refractivity contribution in [2.45, 2.75) is 63.6 Å². The van der Waals surface area contributed by atoms with Crippen molar-refractivity contribution in [1.29, 1.82) is 0 Å². The fourth-order valence-corrected chi connectivity index (χ4v) is 4.23. The van der Waals surface area contributed by atoms with E-state index in [0.717, 1.165) is 38.6 Å². The van der Waals surface area contributed by atoms with Gasteiger partial charge in [0.25, 0.3) is 0 Å². The molecule has 0 radical (unpaired) electrons. The number of fused-ring (bicyclic) bond motifs is 1. The lowest BCUT2D eigenvalue weighted by molar-refractivity contribution is -0.123. The highest BCUT2D eigenvalue weighted by Gasteiger charge is 2.38. The molecule has 0 aromatic carbocycles. The van der Waals surface area contributed by atoms with Gasteiger partial charge in [0, 0.05) is 31.2 Å². The van der Waals surface area contributed by atoms with E-state index in [1.807, 2.05) is 0 Å². The van der Waals surface area contributed by atoms with Gasteiger partial charge in [-0.05, 0) is 39.0 Å². The summed E-state index contributed by atoms with van der Waals surface area (Å²) in [6.45, 7) is 8.62. The van der Waals surface area contributed by atoms with Gasteiger partial charge in [-0.2, -0.15) is 0 Å². The molecular weight excluding hydrogens is 349 g/mol. The van der Waals surface area contributed by atoms with Crippen LogP contribution in [0.4, 0.5) is 0 Å². The first-order valence-corrected chi connectivity index (χ1v) is 8.93. The van der Waals surface area contributed by atoms with Crippen molar-refractivity contribution in [3.8, 4) is 0 Å². The number of nitrogens with zero attached hydrogens (tertiary/aromatic N) is 1. The summed E-state index contributed by atoms with van der Waals surface area (Å²) in [7, 11) is 0. The average molecular weight is 382 g/mol. The smallest absolute Gasteiger partial charge is 0.237 e. The number of carbonyl (C=O) groups excluding carboxylic acids is 1. The Hall–Kier alpha value is -0.0700. The molecule has 3 aliphatic rings. The highest BCUT2D eigenvalue weighted by molar-refractivity contribution is 5.85. The Labute approximate surface area is 158 Å². The molecule has 3 unspecified atom stereocenters. The van der Waals surface area contributed by atoms with Gasteiger partial charge in [0.1, 0.15) is 0 Å². The van der Waals surface area contributed by atoms with Crippen molar-refractivity contribution in [3.05, 3.63) is 0 Å². The molecule has 1 saturated carbocycles. The summed E-state index contributed by atoms with van der Waals surface area (Å²) < 4.78 is 5.42. The summed E-state index contributed by atoms with van der Waals surface area (Å²) in [6, 6.07) is 0.602. The molecule has 2 heterocycles. The maximum absolute atomic E-state index is 12.5. The molecule has 7 heteroatoms. The van der Waals surface area contributed by atoms with Gasteiger partial charge in [0.15, 0.2) is 0 Å². The minimum absolute atomic E-state index is 0. The number of ether oxygens (including phenoxy) is 1. The molecule has 24 heavy (non-hydrogen) atoms. The number of carbonyl (C=O) groups is 1. The topological polar surface area (TPSA) is 53.6 Å². The zero-order chi connectivity index (χ0) is 15.6. The van der Waals surface area contributed by atoms with Crippen LogP contribution in [0.15, 0.2) is 0 Å². The highest BCUT2D eigenvalue weighted by Crippen LogP contribution is 2.33. The lowest BCUT2D eigenvalue weighted by Crippen LogP contribution is -2.56. The third-order valence-electron chi connectivity index (χ3n) is 5.74. The number of rotatable bonds is 4. The normalized spacial score (nSPS) is 30.7. The Kier molecular flexibility index (Phi) is 8.77. The first kappa shape index (κ1) is 22.0. The van der Waals surface area contributed by atoms with Gasteiger partial charge in [-0.25, -0.2) is 0 Å². The van der Waals surface area contributed by atoms with Gasteiger partial charge in [-0.15, -0.1) is 24.8 Å². The van der Waals surface area contributed by atoms with Crippen LogP contribution in [0.3, 0.4) is 0 Å². The summed E-state index contributed by atoms with van der Waals surface area (Å²) in [5.74, 6) is 0.910. The molecule has 5 nitrogen and oxygen atoms in total. The Morgan fingerprint density at radius 2 is 1.88 bits per heavy atom. The van der Waals surface area contributed by atoms with Crippen molar-refractivity contribution < 1.29 is 9.53 Å². The van der Waals surface area contributed by atoms with E-state index in [-0.39, 0.29) is 42.3 Å². The SMILES string of the molecule is CC(C)(CNC(=O)C1CC2CCCCC2N1)N1CCOCC1.Cl.Cl. The molecule has 1 amide bonds. The first-order valence-electron chi connectivity index (χ1n) is 8.93. The van der Waals surface area contributed by atoms with E-state index in [1.165, 1.54) is 25.7 Å². The molecular formula is C17H33Cl2N3O2. The van der Waals surface area contributed by atoms with E-state index < -0.39 is 0 Å². The van der Waals surface area contributed by atoms with Gasteiger partial charge in [0.2, 0.25) is 5.91 Å². The molecule has 3 rings (SSSR count). The molecule has 2 N–H and O–H groups in total. The number of morpholine rings is 1. The van der Waals surface area contributed by atoms with Crippen LogP contribution in [0, 0.1) is 5.92 Å². The number of amides is 1. The molecule has 2 saturated heterocycles. The van der Waals surface area contributed by atoms with Gasteiger partial charge in [0.05, 0.1) is 19.3 Å². The number of hydrogen-bond acceptors (Lipinski definition) is 4. The van der Waals surface area contributed by atoms with Crippen LogP contribution < -0.4 is 10.6 Å². The van der Waals surface area contributed by atoms with Gasteiger partial charge in [-0.3, -0.25) is 9.69 Å². The molecule has 0 aromatic heterocycles. The zero-order valence-electron chi connectivity index (χ0n) is 14.9. The van der Waals surface area contributed by atoms with E-state index >= 15 is 0 Å². The molecule has 0 aromatic rings. The summed E-state index contributed by atoms with van der Waals surface area (Å²) in [4.78, 5) is 14.9. The fourth-order valence-electron chi connectivity index (χ4n) is 4.23. The van der Waals surface area contributed by atoms with E-state index in [0.29, 0.717) is 12.6 Å². The maximum Gasteiger partial charge on any atom is 0.237 e. The van der Waals surface area contributed by atoms with Crippen molar-refractivity contribution in [2.24, 2.45) is 5.92 Å². The van der Waals surface area contributed by atoms with Crippen LogP contribution in [0.1, 0.15) is 46.0 Å². The van der Waals surface area contributed by atoms with Crippen LogP contribution in [0.2, 0.25) is 0 Å². The number of nitrogens with one attached hydrogen (secondary N) is 2. The minimum atomic E-state index is -0.00912. The monoisotopic (exact) mass is 381 g/mol. The lowest BCUT2D eigenvalue weighted by atomic mass is 9.85. The van der Waals surface area contributed by atoms with Gasteiger partial charge >= 0.3 is 0 Å². The predicted molar refractivity (Wildman–Crippen MR) is 101 cm³/mol. The fraction of sp³-hybridized carbons (Fsp3) is 0.941. The average Bonchev–Trinajstić information content (AvgIpc) is 2.98. The molecule has 0 bridgehead atoms. The van der Waals surface area contributed by atoms with Gasteiger partial charge in [-0.1, -0.05) is 12.8 Å². The van der Waals surface area contributed by atoms with E-state index in [4.69, 9.17) is 4.74 Å². The number of hydrogen-bond donors (Lipinski definition) is 2. The van der Waals surface area contributed by atoms with Crippen LogP contribution in [-0.2, 0) is 9.53 Å². The second-order valence-electron chi connectivity index (χ2n) is 7.74. The second kappa shape index (κ2) is 9.58. The van der Waals surface area contributed by atoms with Crippen molar-refractivity contribution in [2.75, 3.05) is 32.8 Å². The molecule has 2 aliphatic heterocycles. The summed E-state index contributed by atoms with van der Waals surface area (Å²) in [5.41, 5.74) is -0.00912. The standard InChI is InChI=1S/C17H31N3O2.2ClH/c1-17(2,20-7-9-22-10-8-20)12-18-16(21)15-11-13-5-3-4-6-14(13)19-15;;/h13-15,19H,3-12H2,1-2H3,(H,18,21);2*1H. The molecule has 1 aliphatic carbocycles. The Morgan fingerprint density at radius 3 is 2.54 bits per heavy atom. The quantitative estimate of drug-likeness (QED) is 0.781. The van der Waals surface area contributed by atoms with E-state index in [2.05, 4.69) is 29.4 Å². The molecule has 3 atom stereocenters. The minimum Gasteiger partial charge on any atom is -0.379 e. The van der Waals surface area contributed by atoms with Crippen molar-refractivity contribution >= 4 is 30.7 Å². The Balaban J connectivity index is 0.00000144. The predicted octanol–water partition coefficient (Wildman–Crippen LogP) is 1.98. The van der Waals surface area contributed by atoms with Crippen LogP contribution in [0.5, 0.6) is 0 Å². The zero-order valence-corrected chi connectivity index (χ0v) is 16.5. The van der Waals surface area contributed by atoms with Crippen LogP contribution in [-0.4, -0.2) is 61.3 Å². The van der Waals surface area contributed by atoms with Crippen molar-refractivity contribution in [3.63, 3.8) is 0 Å². The maximum atomic E-state index is 12.5. The van der Waals surface area contributed by atoms with Gasteiger partial charge < -0.3 is 15.4 Å². The van der Waals surface area contributed by atoms with Crippen LogP contribution >= 0.6 is 24.8 Å². The molecule has 0 spiro atoms. The number of halogens is 2. The first-order chi connectivity index (χ1) is 10.6. The summed E-state index contributed by atoms with van der Waals surface area (Å²) in [6.07, 6.45) is 6.21. The van der Waals surface area contributed by atoms with E-state index in [9.17, 15) is 4.79 Å². The summed E-state index contributed by atoms with van der Waals surface area (Å²) in [5, 5.41) is 6.75. The molecule has 3 fully saturated rings. The van der Waals surface area contributed by atoms with Crippen molar-refractivity contribution in [1.82, 2.24) is 15.5 Å². The highest BCUT2D eigenvalue weighted by atomic mass is 35.5. The largest absolute Gasteiger partial charge is 0.379 e. The Bertz CT molecular complexity index is 389. The second-order valence-corrected chi connectivity index (χ2v) is 7.74. The van der Waals surface area contributed by atoms with E-state index in [1.54, 1.807) is 0 Å². The lowest BCUT2D eigenvalue weighted by Gasteiger charge is -2.41. The molecule has 142 valence electrons. The third kappa shape index (κ3) is 5.21. The summed E-state index contributed by atoms with van der Waals surface area (Å²) >= 11 is 0. The van der Waals surface area contributed by atoms with Crippen LogP contribution in [0.25, 0.3) is 0 Å². The Morgan fingerprint density at radius 1 is 1.21 bits per heavy atom. The third-order valence-corrected chi connectivity index (χ3v) is 5.74.